The van der Waals surface area contributed by atoms with Crippen LogP contribution in [0.25, 0.3) is 0 Å². The van der Waals surface area contributed by atoms with E-state index in [4.69, 9.17) is 9.47 Å². The van der Waals surface area contributed by atoms with Gasteiger partial charge in [-0.25, -0.2) is 0 Å². The van der Waals surface area contributed by atoms with Crippen LogP contribution in [0.2, 0.25) is 0 Å². The van der Waals surface area contributed by atoms with Crippen LogP contribution in [0.15, 0.2) is 0 Å². The Hall–Kier alpha value is -0.160. The summed E-state index contributed by atoms with van der Waals surface area (Å²) in [5.41, 5.74) is -0.00322. The normalized spacial score (nSPS) is 18.6. The average molecular weight is 300 g/mol. The molecule has 1 aliphatic heterocycles. The van der Waals surface area contributed by atoms with E-state index in [-0.39, 0.29) is 5.60 Å². The van der Waals surface area contributed by atoms with Gasteiger partial charge in [0, 0.05) is 52.5 Å². The summed E-state index contributed by atoms with van der Waals surface area (Å²) in [6.07, 6.45) is 2.65. The van der Waals surface area contributed by atoms with Crippen LogP contribution in [0.5, 0.6) is 0 Å². The second kappa shape index (κ2) is 9.78. The zero-order chi connectivity index (χ0) is 15.7. The molecule has 21 heavy (non-hydrogen) atoms. The van der Waals surface area contributed by atoms with Crippen molar-refractivity contribution in [1.82, 2.24) is 9.80 Å². The number of rotatable bonds is 9. The van der Waals surface area contributed by atoms with Gasteiger partial charge in [0.25, 0.3) is 0 Å². The molecule has 0 aromatic carbocycles. The van der Waals surface area contributed by atoms with Crippen molar-refractivity contribution < 1.29 is 9.47 Å². The predicted molar refractivity (Wildman–Crippen MR) is 88.9 cm³/mol. The Kier molecular flexibility index (Phi) is 8.79. The molecule has 0 aromatic heterocycles. The van der Waals surface area contributed by atoms with Crippen LogP contribution < -0.4 is 0 Å². The lowest BCUT2D eigenvalue weighted by Crippen LogP contribution is -2.47. The van der Waals surface area contributed by atoms with Crippen molar-refractivity contribution in [2.75, 3.05) is 52.5 Å². The van der Waals surface area contributed by atoms with Crippen molar-refractivity contribution >= 4 is 0 Å². The van der Waals surface area contributed by atoms with Gasteiger partial charge >= 0.3 is 0 Å². The number of hydrogen-bond acceptors (Lipinski definition) is 4. The summed E-state index contributed by atoms with van der Waals surface area (Å²) in [6, 6.07) is 0. The van der Waals surface area contributed by atoms with Crippen LogP contribution in [0, 0.1) is 0 Å². The van der Waals surface area contributed by atoms with E-state index >= 15 is 0 Å². The lowest BCUT2D eigenvalue weighted by molar-refractivity contribution is -0.00852. The van der Waals surface area contributed by atoms with Crippen molar-refractivity contribution in [2.24, 2.45) is 0 Å². The average Bonchev–Trinajstić information content (AvgIpc) is 2.40. The molecule has 0 radical (unpaired) electrons. The number of nitrogens with zero attached hydrogens (tertiary/aromatic N) is 2. The van der Waals surface area contributed by atoms with Gasteiger partial charge in [0.05, 0.1) is 11.7 Å². The molecule has 0 atom stereocenters. The molecular weight excluding hydrogens is 264 g/mol. The summed E-state index contributed by atoms with van der Waals surface area (Å²) in [4.78, 5) is 5.12. The largest absolute Gasteiger partial charge is 0.379 e. The van der Waals surface area contributed by atoms with Gasteiger partial charge in [-0.3, -0.25) is 0 Å². The van der Waals surface area contributed by atoms with Crippen molar-refractivity contribution in [3.8, 4) is 0 Å². The van der Waals surface area contributed by atoms with E-state index in [1.807, 2.05) is 0 Å². The summed E-state index contributed by atoms with van der Waals surface area (Å²) >= 11 is 0. The first kappa shape index (κ1) is 18.9. The minimum atomic E-state index is -0.00322. The van der Waals surface area contributed by atoms with Crippen LogP contribution in [0.3, 0.4) is 0 Å². The monoisotopic (exact) mass is 300 g/mol. The van der Waals surface area contributed by atoms with Gasteiger partial charge < -0.3 is 19.3 Å². The molecule has 0 aliphatic carbocycles. The lowest BCUT2D eigenvalue weighted by atomic mass is 10.2. The molecule has 0 spiro atoms. The molecule has 0 saturated carbocycles. The second-order valence-electron chi connectivity index (χ2n) is 7.27. The quantitative estimate of drug-likeness (QED) is 0.611. The van der Waals surface area contributed by atoms with Crippen LogP contribution in [0.4, 0.5) is 0 Å². The molecule has 0 amide bonds. The van der Waals surface area contributed by atoms with E-state index in [9.17, 15) is 0 Å². The minimum Gasteiger partial charge on any atom is -0.379 e. The molecule has 0 aromatic rings. The molecule has 0 N–H and O–H groups in total. The molecule has 1 fully saturated rings. The van der Waals surface area contributed by atoms with Crippen molar-refractivity contribution in [3.05, 3.63) is 0 Å². The minimum absolute atomic E-state index is 0.00322. The summed E-state index contributed by atoms with van der Waals surface area (Å²) < 4.78 is 11.4. The molecule has 1 saturated heterocycles. The fourth-order valence-electron chi connectivity index (χ4n) is 2.51. The Bertz CT molecular complexity index is 256. The van der Waals surface area contributed by atoms with E-state index < -0.39 is 0 Å². The van der Waals surface area contributed by atoms with E-state index in [2.05, 4.69) is 44.4 Å². The molecule has 4 nitrogen and oxygen atoms in total. The van der Waals surface area contributed by atoms with Crippen molar-refractivity contribution in [3.63, 3.8) is 0 Å². The summed E-state index contributed by atoms with van der Waals surface area (Å²) in [5, 5.41) is 0. The molecule has 1 heterocycles. The van der Waals surface area contributed by atoms with E-state index in [1.54, 1.807) is 0 Å². The highest BCUT2D eigenvalue weighted by molar-refractivity contribution is 4.72. The number of piperazine rings is 1. The highest BCUT2D eigenvalue weighted by Gasteiger charge is 2.16. The van der Waals surface area contributed by atoms with Crippen LogP contribution in [-0.2, 0) is 9.47 Å². The van der Waals surface area contributed by atoms with E-state index in [0.29, 0.717) is 6.10 Å². The number of hydrogen-bond donors (Lipinski definition) is 0. The Labute approximate surface area is 131 Å². The first-order chi connectivity index (χ1) is 9.87. The molecule has 0 bridgehead atoms. The summed E-state index contributed by atoms with van der Waals surface area (Å²) in [6.45, 7) is 19.4. The molecule has 1 aliphatic rings. The van der Waals surface area contributed by atoms with Crippen LogP contribution in [0.1, 0.15) is 47.5 Å². The third-order valence-corrected chi connectivity index (χ3v) is 3.69. The molecular formula is C17H36N2O2. The van der Waals surface area contributed by atoms with Crippen molar-refractivity contribution in [2.45, 2.75) is 59.2 Å². The van der Waals surface area contributed by atoms with E-state index in [0.717, 1.165) is 26.1 Å². The lowest BCUT2D eigenvalue weighted by Gasteiger charge is -2.34. The maximum atomic E-state index is 5.78. The van der Waals surface area contributed by atoms with Gasteiger partial charge in [-0.05, 0) is 47.5 Å². The standard InChI is InChI=1S/C17H36N2O2/c1-16(2)20-14-6-8-18-10-12-19(13-11-18)9-7-15-21-17(3,4)5/h16H,6-15H2,1-5H3. The molecule has 0 unspecified atom stereocenters. The Morgan fingerprint density at radius 3 is 1.76 bits per heavy atom. The SMILES string of the molecule is CC(C)OCCCN1CCN(CCCOC(C)(C)C)CC1. The molecule has 126 valence electrons. The maximum Gasteiger partial charge on any atom is 0.0598 e. The first-order valence-corrected chi connectivity index (χ1v) is 8.57. The third-order valence-electron chi connectivity index (χ3n) is 3.69. The van der Waals surface area contributed by atoms with Gasteiger partial charge in [0.2, 0.25) is 0 Å². The van der Waals surface area contributed by atoms with E-state index in [1.165, 1.54) is 39.3 Å². The zero-order valence-electron chi connectivity index (χ0n) is 14.9. The van der Waals surface area contributed by atoms with Crippen LogP contribution in [-0.4, -0.2) is 74.0 Å². The number of ether oxygens (including phenoxy) is 2. The fourth-order valence-corrected chi connectivity index (χ4v) is 2.51. The van der Waals surface area contributed by atoms with Gasteiger partial charge in [-0.1, -0.05) is 0 Å². The second-order valence-corrected chi connectivity index (χ2v) is 7.27. The smallest absolute Gasteiger partial charge is 0.0598 e. The molecule has 1 rings (SSSR count). The van der Waals surface area contributed by atoms with Gasteiger partial charge in [-0.15, -0.1) is 0 Å². The third kappa shape index (κ3) is 10.2. The zero-order valence-corrected chi connectivity index (χ0v) is 14.9. The van der Waals surface area contributed by atoms with Gasteiger partial charge in [-0.2, -0.15) is 0 Å². The Morgan fingerprint density at radius 2 is 1.33 bits per heavy atom. The first-order valence-electron chi connectivity index (χ1n) is 8.57. The summed E-state index contributed by atoms with van der Waals surface area (Å²) in [5.74, 6) is 0. The highest BCUT2D eigenvalue weighted by Crippen LogP contribution is 2.08. The van der Waals surface area contributed by atoms with Gasteiger partial charge in [0.1, 0.15) is 0 Å². The van der Waals surface area contributed by atoms with Crippen molar-refractivity contribution in [1.29, 1.82) is 0 Å². The maximum absolute atomic E-state index is 5.78. The topological polar surface area (TPSA) is 24.9 Å². The van der Waals surface area contributed by atoms with Gasteiger partial charge in [0.15, 0.2) is 0 Å². The fraction of sp³-hybridized carbons (Fsp3) is 1.00. The Balaban J connectivity index is 1.99. The Morgan fingerprint density at radius 1 is 0.857 bits per heavy atom. The van der Waals surface area contributed by atoms with Crippen LogP contribution >= 0.6 is 0 Å². The summed E-state index contributed by atoms with van der Waals surface area (Å²) in [7, 11) is 0. The molecule has 4 heteroatoms. The predicted octanol–water partition coefficient (Wildman–Crippen LogP) is 2.62. The highest BCUT2D eigenvalue weighted by atomic mass is 16.5.